The van der Waals surface area contributed by atoms with Crippen molar-refractivity contribution in [3.8, 4) is 6.07 Å². The molecule has 1 fully saturated rings. The van der Waals surface area contributed by atoms with Gasteiger partial charge in [0.2, 0.25) is 5.91 Å². The molecule has 1 N–H and O–H groups in total. The molecule has 0 aromatic heterocycles. The van der Waals surface area contributed by atoms with Crippen molar-refractivity contribution in [1.82, 2.24) is 0 Å². The first kappa shape index (κ1) is 13.6. The standard InChI is InChI=1S/C16H20N2O/c1-10-8-11(2)13(4)14(12(10)3)18-15(19)16(9-17)6-5-7-16/h8H,5-7H2,1-4H3,(H,18,19). The highest BCUT2D eigenvalue weighted by Gasteiger charge is 2.44. The van der Waals surface area contributed by atoms with Gasteiger partial charge in [0.15, 0.2) is 0 Å². The number of carbonyl (C=O) groups is 1. The van der Waals surface area contributed by atoms with Gasteiger partial charge in [0.05, 0.1) is 6.07 Å². The van der Waals surface area contributed by atoms with Crippen molar-refractivity contribution in [2.24, 2.45) is 5.41 Å². The molecule has 0 heterocycles. The number of anilines is 1. The summed E-state index contributed by atoms with van der Waals surface area (Å²) in [6.07, 6.45) is 2.32. The average Bonchev–Trinajstić information content (AvgIpc) is 2.31. The lowest BCUT2D eigenvalue weighted by Gasteiger charge is -2.34. The highest BCUT2D eigenvalue weighted by atomic mass is 16.2. The second kappa shape index (κ2) is 4.70. The summed E-state index contributed by atoms with van der Waals surface area (Å²) in [7, 11) is 0. The maximum atomic E-state index is 12.3. The molecule has 1 aliphatic carbocycles. The van der Waals surface area contributed by atoms with E-state index in [2.05, 4.69) is 17.5 Å². The third kappa shape index (κ3) is 2.12. The van der Waals surface area contributed by atoms with Crippen LogP contribution in [-0.4, -0.2) is 5.91 Å². The molecule has 0 unspecified atom stereocenters. The molecule has 19 heavy (non-hydrogen) atoms. The summed E-state index contributed by atoms with van der Waals surface area (Å²) < 4.78 is 0. The predicted octanol–water partition coefficient (Wildman–Crippen LogP) is 3.55. The second-order valence-corrected chi connectivity index (χ2v) is 5.64. The van der Waals surface area contributed by atoms with E-state index in [0.29, 0.717) is 12.8 Å². The van der Waals surface area contributed by atoms with E-state index in [-0.39, 0.29) is 5.91 Å². The summed E-state index contributed by atoms with van der Waals surface area (Å²) in [5.74, 6) is -0.141. The lowest BCUT2D eigenvalue weighted by atomic mass is 9.69. The summed E-state index contributed by atoms with van der Waals surface area (Å²) in [5, 5.41) is 12.2. The molecular weight excluding hydrogens is 236 g/mol. The Morgan fingerprint density at radius 3 is 2.11 bits per heavy atom. The molecule has 0 spiro atoms. The van der Waals surface area contributed by atoms with Crippen LogP contribution in [0.3, 0.4) is 0 Å². The summed E-state index contributed by atoms with van der Waals surface area (Å²) in [4.78, 5) is 12.3. The molecule has 1 aromatic rings. The number of amides is 1. The fourth-order valence-corrected chi connectivity index (χ4v) is 2.56. The van der Waals surface area contributed by atoms with Gasteiger partial charge in [-0.3, -0.25) is 4.79 Å². The number of hydrogen-bond acceptors (Lipinski definition) is 2. The Morgan fingerprint density at radius 1 is 1.21 bits per heavy atom. The summed E-state index contributed by atoms with van der Waals surface area (Å²) in [5.41, 5.74) is 4.59. The number of nitrogens with one attached hydrogen (secondary N) is 1. The first-order valence-corrected chi connectivity index (χ1v) is 6.71. The molecule has 3 nitrogen and oxygen atoms in total. The zero-order valence-corrected chi connectivity index (χ0v) is 12.1. The Balaban J connectivity index is 2.35. The molecule has 100 valence electrons. The van der Waals surface area contributed by atoms with Crippen LogP contribution in [0, 0.1) is 44.4 Å². The molecule has 0 atom stereocenters. The van der Waals surface area contributed by atoms with Crippen molar-refractivity contribution in [2.45, 2.75) is 47.0 Å². The number of hydrogen-bond donors (Lipinski definition) is 1. The molecular formula is C16H20N2O. The Bertz CT molecular complexity index is 551. The lowest BCUT2D eigenvalue weighted by Crippen LogP contribution is -2.41. The van der Waals surface area contributed by atoms with E-state index in [0.717, 1.165) is 34.4 Å². The largest absolute Gasteiger partial charge is 0.324 e. The topological polar surface area (TPSA) is 52.9 Å². The predicted molar refractivity (Wildman–Crippen MR) is 75.9 cm³/mol. The molecule has 1 aromatic carbocycles. The van der Waals surface area contributed by atoms with Gasteiger partial charge in [0.1, 0.15) is 5.41 Å². The van der Waals surface area contributed by atoms with Crippen LogP contribution in [0.5, 0.6) is 0 Å². The highest BCUT2D eigenvalue weighted by Crippen LogP contribution is 2.41. The smallest absolute Gasteiger partial charge is 0.244 e. The van der Waals surface area contributed by atoms with Gasteiger partial charge in [-0.05, 0) is 69.2 Å². The second-order valence-electron chi connectivity index (χ2n) is 5.64. The van der Waals surface area contributed by atoms with Gasteiger partial charge in [-0.15, -0.1) is 0 Å². The van der Waals surface area contributed by atoms with Gasteiger partial charge in [-0.25, -0.2) is 0 Å². The van der Waals surface area contributed by atoms with Crippen molar-refractivity contribution >= 4 is 11.6 Å². The summed E-state index contributed by atoms with van der Waals surface area (Å²) in [6.45, 7) is 8.11. The molecule has 0 aliphatic heterocycles. The number of benzene rings is 1. The maximum absolute atomic E-state index is 12.3. The van der Waals surface area contributed by atoms with Crippen molar-refractivity contribution in [1.29, 1.82) is 5.26 Å². The van der Waals surface area contributed by atoms with Crippen molar-refractivity contribution in [3.05, 3.63) is 28.3 Å². The maximum Gasteiger partial charge on any atom is 0.244 e. The van der Waals surface area contributed by atoms with Gasteiger partial charge < -0.3 is 5.32 Å². The monoisotopic (exact) mass is 256 g/mol. The number of nitriles is 1. The van der Waals surface area contributed by atoms with E-state index < -0.39 is 5.41 Å². The third-order valence-electron chi connectivity index (χ3n) is 4.46. The van der Waals surface area contributed by atoms with Gasteiger partial charge >= 0.3 is 0 Å². The van der Waals surface area contributed by atoms with Crippen LogP contribution in [0.2, 0.25) is 0 Å². The van der Waals surface area contributed by atoms with E-state index in [1.807, 2.05) is 27.7 Å². The minimum absolute atomic E-state index is 0.141. The third-order valence-corrected chi connectivity index (χ3v) is 4.46. The molecule has 0 radical (unpaired) electrons. The van der Waals surface area contributed by atoms with Crippen LogP contribution in [0.25, 0.3) is 0 Å². The van der Waals surface area contributed by atoms with E-state index in [1.165, 1.54) is 0 Å². The van der Waals surface area contributed by atoms with Crippen molar-refractivity contribution in [3.63, 3.8) is 0 Å². The van der Waals surface area contributed by atoms with Gasteiger partial charge in [0, 0.05) is 5.69 Å². The zero-order valence-electron chi connectivity index (χ0n) is 12.1. The fourth-order valence-electron chi connectivity index (χ4n) is 2.56. The van der Waals surface area contributed by atoms with E-state index in [1.54, 1.807) is 0 Å². The first-order valence-electron chi connectivity index (χ1n) is 6.71. The first-order chi connectivity index (χ1) is 8.91. The Morgan fingerprint density at radius 2 is 1.74 bits per heavy atom. The summed E-state index contributed by atoms with van der Waals surface area (Å²) in [6, 6.07) is 4.32. The van der Waals surface area contributed by atoms with Crippen LogP contribution in [0.1, 0.15) is 41.5 Å². The zero-order chi connectivity index (χ0) is 14.2. The molecule has 1 amide bonds. The average molecular weight is 256 g/mol. The quantitative estimate of drug-likeness (QED) is 0.879. The van der Waals surface area contributed by atoms with E-state index in [9.17, 15) is 10.1 Å². The fraction of sp³-hybridized carbons (Fsp3) is 0.500. The van der Waals surface area contributed by atoms with Crippen LogP contribution < -0.4 is 5.32 Å². The van der Waals surface area contributed by atoms with Crippen LogP contribution >= 0.6 is 0 Å². The Labute approximate surface area is 114 Å². The minimum atomic E-state index is -0.795. The number of nitrogens with zero attached hydrogens (tertiary/aromatic N) is 1. The summed E-state index contributed by atoms with van der Waals surface area (Å²) >= 11 is 0. The van der Waals surface area contributed by atoms with Crippen molar-refractivity contribution < 1.29 is 4.79 Å². The Kier molecular flexibility index (Phi) is 3.36. The van der Waals surface area contributed by atoms with Crippen LogP contribution in [-0.2, 0) is 4.79 Å². The van der Waals surface area contributed by atoms with Gasteiger partial charge in [-0.2, -0.15) is 5.26 Å². The molecule has 3 heteroatoms. The molecule has 0 bridgehead atoms. The van der Waals surface area contributed by atoms with Crippen molar-refractivity contribution in [2.75, 3.05) is 5.32 Å². The van der Waals surface area contributed by atoms with Crippen LogP contribution in [0.15, 0.2) is 6.07 Å². The number of carbonyl (C=O) groups excluding carboxylic acids is 1. The normalized spacial score (nSPS) is 16.4. The molecule has 2 rings (SSSR count). The Hall–Kier alpha value is -1.82. The van der Waals surface area contributed by atoms with Gasteiger partial charge in [-0.1, -0.05) is 6.07 Å². The van der Waals surface area contributed by atoms with E-state index in [4.69, 9.17) is 0 Å². The minimum Gasteiger partial charge on any atom is -0.324 e. The highest BCUT2D eigenvalue weighted by molar-refractivity contribution is 5.99. The number of rotatable bonds is 2. The lowest BCUT2D eigenvalue weighted by molar-refractivity contribution is -0.126. The number of aryl methyl sites for hydroxylation is 2. The molecule has 1 aliphatic rings. The van der Waals surface area contributed by atoms with Crippen LogP contribution in [0.4, 0.5) is 5.69 Å². The molecule has 1 saturated carbocycles. The van der Waals surface area contributed by atoms with Gasteiger partial charge in [0.25, 0.3) is 0 Å². The SMILES string of the molecule is Cc1cc(C)c(C)c(NC(=O)C2(C#N)CCC2)c1C. The molecule has 0 saturated heterocycles. The van der Waals surface area contributed by atoms with E-state index >= 15 is 0 Å².